The summed E-state index contributed by atoms with van der Waals surface area (Å²) in [6.45, 7) is 5.25. The van der Waals surface area contributed by atoms with E-state index >= 15 is 0 Å². The highest BCUT2D eigenvalue weighted by Crippen LogP contribution is 2.30. The number of rotatable bonds is 3. The maximum atomic E-state index is 13.0. The molecule has 1 aromatic heterocycles. The molecule has 3 aliphatic heterocycles. The van der Waals surface area contributed by atoms with Gasteiger partial charge in [0.15, 0.2) is 0 Å². The number of fused-ring (bicyclic) bond motifs is 3. The van der Waals surface area contributed by atoms with Crippen LogP contribution in [0, 0.1) is 0 Å². The van der Waals surface area contributed by atoms with Crippen LogP contribution in [0.4, 0.5) is 0 Å². The van der Waals surface area contributed by atoms with Crippen molar-refractivity contribution >= 4 is 5.91 Å². The van der Waals surface area contributed by atoms with Crippen molar-refractivity contribution in [3.8, 4) is 0 Å². The lowest BCUT2D eigenvalue weighted by Crippen LogP contribution is -2.49. The summed E-state index contributed by atoms with van der Waals surface area (Å²) in [5.74, 6) is 0.0911. The molecule has 4 heterocycles. The molecule has 7 nitrogen and oxygen atoms in total. The minimum absolute atomic E-state index is 0.0587. The van der Waals surface area contributed by atoms with Gasteiger partial charge in [0.05, 0.1) is 30.6 Å². The Balaban J connectivity index is 1.27. The van der Waals surface area contributed by atoms with E-state index in [1.807, 2.05) is 21.7 Å². The number of hydrogen-bond acceptors (Lipinski definition) is 5. The molecule has 2 fully saturated rings. The van der Waals surface area contributed by atoms with E-state index in [-0.39, 0.29) is 18.1 Å². The monoisotopic (exact) mass is 367 g/mol. The molecule has 2 saturated heterocycles. The molecule has 3 aliphatic rings. The van der Waals surface area contributed by atoms with Crippen molar-refractivity contribution in [1.82, 2.24) is 24.8 Å². The minimum Gasteiger partial charge on any atom is -0.370 e. The number of aromatic nitrogens is 3. The summed E-state index contributed by atoms with van der Waals surface area (Å²) in [5, 5.41) is 8.21. The molecule has 0 spiro atoms. The van der Waals surface area contributed by atoms with Crippen LogP contribution in [0.15, 0.2) is 30.5 Å². The Bertz CT molecular complexity index is 812. The maximum absolute atomic E-state index is 13.0. The van der Waals surface area contributed by atoms with Crippen molar-refractivity contribution in [2.75, 3.05) is 26.2 Å². The summed E-state index contributed by atoms with van der Waals surface area (Å²) in [6, 6.07) is 8.19. The zero-order chi connectivity index (χ0) is 18.2. The molecular formula is C20H25N5O2. The van der Waals surface area contributed by atoms with Crippen LogP contribution in [0.1, 0.15) is 46.9 Å². The van der Waals surface area contributed by atoms with E-state index in [1.165, 1.54) is 31.5 Å². The van der Waals surface area contributed by atoms with Gasteiger partial charge in [-0.25, -0.2) is 4.68 Å². The Morgan fingerprint density at radius 1 is 1.15 bits per heavy atom. The molecule has 1 amide bonds. The molecule has 5 rings (SSSR count). The first kappa shape index (κ1) is 16.9. The molecule has 27 heavy (non-hydrogen) atoms. The second-order valence-electron chi connectivity index (χ2n) is 7.81. The molecule has 7 heteroatoms. The van der Waals surface area contributed by atoms with Crippen LogP contribution in [-0.4, -0.2) is 63.0 Å². The predicted octanol–water partition coefficient (Wildman–Crippen LogP) is 1.86. The van der Waals surface area contributed by atoms with E-state index in [4.69, 9.17) is 4.74 Å². The highest BCUT2D eigenvalue weighted by Gasteiger charge is 2.38. The molecule has 0 aliphatic carbocycles. The smallest absolute Gasteiger partial charge is 0.253 e. The van der Waals surface area contributed by atoms with Crippen molar-refractivity contribution in [1.29, 1.82) is 0 Å². The standard InChI is InChI=1S/C20H25N5O2/c26-20(16-5-3-15(4-6-16)12-23-8-1-2-9-23)24-10-7-19-18(13-24)25-17(14-27-19)11-21-22-25/h3-6,11,18-19H,1-2,7-10,12-14H2/t18-,19+/m1/s1. The van der Waals surface area contributed by atoms with Gasteiger partial charge in [0, 0.05) is 25.2 Å². The zero-order valence-electron chi connectivity index (χ0n) is 15.5. The van der Waals surface area contributed by atoms with E-state index in [0.29, 0.717) is 13.2 Å². The molecule has 0 saturated carbocycles. The van der Waals surface area contributed by atoms with Crippen LogP contribution in [0.5, 0.6) is 0 Å². The van der Waals surface area contributed by atoms with Crippen molar-refractivity contribution in [3.63, 3.8) is 0 Å². The predicted molar refractivity (Wildman–Crippen MR) is 99.1 cm³/mol. The summed E-state index contributed by atoms with van der Waals surface area (Å²) in [6.07, 6.45) is 5.29. The summed E-state index contributed by atoms with van der Waals surface area (Å²) in [7, 11) is 0. The summed E-state index contributed by atoms with van der Waals surface area (Å²) >= 11 is 0. The molecule has 2 atom stereocenters. The Morgan fingerprint density at radius 3 is 2.78 bits per heavy atom. The third kappa shape index (κ3) is 3.26. The van der Waals surface area contributed by atoms with Crippen LogP contribution in [-0.2, 0) is 17.9 Å². The quantitative estimate of drug-likeness (QED) is 0.829. The van der Waals surface area contributed by atoms with Crippen molar-refractivity contribution in [2.45, 2.75) is 44.6 Å². The zero-order valence-corrected chi connectivity index (χ0v) is 15.5. The van der Waals surface area contributed by atoms with E-state index in [9.17, 15) is 4.79 Å². The average Bonchev–Trinajstić information content (AvgIpc) is 3.39. The first-order chi connectivity index (χ1) is 13.3. The number of likely N-dealkylation sites (tertiary alicyclic amines) is 2. The highest BCUT2D eigenvalue weighted by atomic mass is 16.5. The lowest BCUT2D eigenvalue weighted by Gasteiger charge is -2.41. The normalized spacial score (nSPS) is 25.3. The van der Waals surface area contributed by atoms with Crippen molar-refractivity contribution in [2.24, 2.45) is 0 Å². The summed E-state index contributed by atoms with van der Waals surface area (Å²) < 4.78 is 7.87. The molecule has 0 N–H and O–H groups in total. The topological polar surface area (TPSA) is 63.5 Å². The number of ether oxygens (including phenoxy) is 1. The lowest BCUT2D eigenvalue weighted by atomic mass is 9.99. The number of benzene rings is 1. The van der Waals surface area contributed by atoms with Gasteiger partial charge in [-0.3, -0.25) is 9.69 Å². The largest absolute Gasteiger partial charge is 0.370 e. The van der Waals surface area contributed by atoms with Crippen LogP contribution in [0.25, 0.3) is 0 Å². The highest BCUT2D eigenvalue weighted by molar-refractivity contribution is 5.94. The first-order valence-corrected chi connectivity index (χ1v) is 9.89. The molecule has 1 aromatic carbocycles. The van der Waals surface area contributed by atoms with Gasteiger partial charge >= 0.3 is 0 Å². The maximum Gasteiger partial charge on any atom is 0.253 e. The Kier molecular flexibility index (Phi) is 4.41. The SMILES string of the molecule is O=C(c1ccc(CN2CCCC2)cc1)N1CC[C@@H]2OCc3cnnn3[C@@H]2C1. The van der Waals surface area contributed by atoms with Crippen molar-refractivity contribution in [3.05, 3.63) is 47.3 Å². The second-order valence-corrected chi connectivity index (χ2v) is 7.81. The van der Waals surface area contributed by atoms with Gasteiger partial charge in [0.2, 0.25) is 0 Å². The van der Waals surface area contributed by atoms with Gasteiger partial charge in [-0.2, -0.15) is 0 Å². The molecule has 0 radical (unpaired) electrons. The Hall–Kier alpha value is -2.25. The molecular weight excluding hydrogens is 342 g/mol. The van der Waals surface area contributed by atoms with Crippen LogP contribution < -0.4 is 0 Å². The Morgan fingerprint density at radius 2 is 1.96 bits per heavy atom. The molecule has 0 bridgehead atoms. The Labute approximate surface area is 158 Å². The van der Waals surface area contributed by atoms with Crippen LogP contribution >= 0.6 is 0 Å². The number of carbonyl (C=O) groups excluding carboxylic acids is 1. The third-order valence-corrected chi connectivity index (χ3v) is 6.02. The van der Waals surface area contributed by atoms with E-state index in [1.54, 1.807) is 6.20 Å². The van der Waals surface area contributed by atoms with Crippen LogP contribution in [0.2, 0.25) is 0 Å². The second kappa shape index (κ2) is 7.05. The van der Waals surface area contributed by atoms with Gasteiger partial charge in [-0.05, 0) is 50.0 Å². The number of nitrogens with zero attached hydrogens (tertiary/aromatic N) is 5. The van der Waals surface area contributed by atoms with E-state index < -0.39 is 0 Å². The van der Waals surface area contributed by atoms with Gasteiger partial charge in [0.1, 0.15) is 0 Å². The lowest BCUT2D eigenvalue weighted by molar-refractivity contribution is -0.0605. The van der Waals surface area contributed by atoms with Gasteiger partial charge < -0.3 is 9.64 Å². The van der Waals surface area contributed by atoms with Gasteiger partial charge in [-0.1, -0.05) is 17.3 Å². The minimum atomic E-state index is 0.0587. The fraction of sp³-hybridized carbons (Fsp3) is 0.550. The van der Waals surface area contributed by atoms with E-state index in [0.717, 1.165) is 30.8 Å². The molecule has 142 valence electrons. The van der Waals surface area contributed by atoms with E-state index in [2.05, 4.69) is 27.3 Å². The summed E-state index contributed by atoms with van der Waals surface area (Å²) in [5.41, 5.74) is 3.02. The molecule has 2 aromatic rings. The van der Waals surface area contributed by atoms with Gasteiger partial charge in [-0.15, -0.1) is 5.10 Å². The number of piperidine rings is 1. The molecule has 0 unspecified atom stereocenters. The van der Waals surface area contributed by atoms with Crippen molar-refractivity contribution < 1.29 is 9.53 Å². The third-order valence-electron chi connectivity index (χ3n) is 6.02. The van der Waals surface area contributed by atoms with Gasteiger partial charge in [0.25, 0.3) is 5.91 Å². The number of carbonyl (C=O) groups is 1. The fourth-order valence-corrected chi connectivity index (χ4v) is 4.50. The number of amides is 1. The summed E-state index contributed by atoms with van der Waals surface area (Å²) in [4.78, 5) is 17.4. The van der Waals surface area contributed by atoms with Crippen LogP contribution in [0.3, 0.4) is 0 Å². The first-order valence-electron chi connectivity index (χ1n) is 9.89. The fourth-order valence-electron chi connectivity index (χ4n) is 4.50. The number of hydrogen-bond donors (Lipinski definition) is 0. The average molecular weight is 367 g/mol.